The molecule has 0 spiro atoms. The average Bonchev–Trinajstić information content (AvgIpc) is 2.40. The molecular formula is C18H32O5. The summed E-state index contributed by atoms with van der Waals surface area (Å²) in [4.78, 5) is 37.2. The van der Waals surface area contributed by atoms with Crippen molar-refractivity contribution in [3.8, 4) is 0 Å². The van der Waals surface area contributed by atoms with Gasteiger partial charge < -0.3 is 9.47 Å². The topological polar surface area (TPSA) is 69.7 Å². The molecule has 5 heteroatoms. The van der Waals surface area contributed by atoms with Gasteiger partial charge in [0.2, 0.25) is 0 Å². The summed E-state index contributed by atoms with van der Waals surface area (Å²) in [5, 5.41) is 0. The minimum absolute atomic E-state index is 0.174. The van der Waals surface area contributed by atoms with Crippen molar-refractivity contribution in [3.05, 3.63) is 0 Å². The Bertz CT molecular complexity index is 445. The highest BCUT2D eigenvalue weighted by molar-refractivity contribution is 6.06. The summed E-state index contributed by atoms with van der Waals surface area (Å²) in [6.07, 6.45) is 1.80. The Labute approximate surface area is 140 Å². The van der Waals surface area contributed by atoms with E-state index < -0.39 is 22.4 Å². The standard InChI is InChI=1S/C18H32O5/c1-13(19)17(5,6)23-15(21)18(7,11-9-10-12-22-8)14(20)16(2,3)4/h9-12H2,1-8H3. The summed E-state index contributed by atoms with van der Waals surface area (Å²) in [5.41, 5.74) is -3.17. The van der Waals surface area contributed by atoms with Crippen LogP contribution < -0.4 is 0 Å². The Morgan fingerprint density at radius 2 is 1.43 bits per heavy atom. The van der Waals surface area contributed by atoms with Crippen molar-refractivity contribution in [3.63, 3.8) is 0 Å². The van der Waals surface area contributed by atoms with Crippen LogP contribution in [0.15, 0.2) is 0 Å². The minimum Gasteiger partial charge on any atom is -0.451 e. The number of ether oxygens (including phenoxy) is 2. The first-order valence-corrected chi connectivity index (χ1v) is 8.07. The van der Waals surface area contributed by atoms with E-state index in [4.69, 9.17) is 9.47 Å². The Balaban J connectivity index is 5.37. The maximum Gasteiger partial charge on any atom is 0.320 e. The second kappa shape index (κ2) is 8.04. The number of unbranched alkanes of at least 4 members (excludes halogenated alkanes) is 1. The van der Waals surface area contributed by atoms with Crippen LogP contribution in [0.25, 0.3) is 0 Å². The molecular weight excluding hydrogens is 296 g/mol. The van der Waals surface area contributed by atoms with E-state index in [-0.39, 0.29) is 11.6 Å². The molecule has 0 saturated carbocycles. The van der Waals surface area contributed by atoms with Gasteiger partial charge in [-0.3, -0.25) is 14.4 Å². The van der Waals surface area contributed by atoms with Crippen molar-refractivity contribution in [2.75, 3.05) is 13.7 Å². The van der Waals surface area contributed by atoms with Gasteiger partial charge in [0.25, 0.3) is 0 Å². The summed E-state index contributed by atoms with van der Waals surface area (Å²) in [7, 11) is 1.61. The van der Waals surface area contributed by atoms with Gasteiger partial charge in [-0.05, 0) is 47.0 Å². The number of Topliss-reactive ketones (excluding diaryl/α,β-unsaturated/α-hetero) is 2. The third-order valence-corrected chi connectivity index (χ3v) is 4.10. The Hall–Kier alpha value is -1.23. The van der Waals surface area contributed by atoms with Crippen LogP contribution in [-0.4, -0.2) is 36.9 Å². The lowest BCUT2D eigenvalue weighted by atomic mass is 9.70. The van der Waals surface area contributed by atoms with Crippen LogP contribution in [0.4, 0.5) is 0 Å². The van der Waals surface area contributed by atoms with Crippen LogP contribution in [-0.2, 0) is 23.9 Å². The lowest BCUT2D eigenvalue weighted by Crippen LogP contribution is -2.48. The molecule has 0 aromatic rings. The number of methoxy groups -OCH3 is 1. The normalized spacial score (nSPS) is 15.0. The van der Waals surface area contributed by atoms with Gasteiger partial charge in [-0.1, -0.05) is 20.8 Å². The van der Waals surface area contributed by atoms with Crippen molar-refractivity contribution >= 4 is 17.5 Å². The number of carbonyl (C=O) groups is 3. The van der Waals surface area contributed by atoms with Gasteiger partial charge in [-0.15, -0.1) is 0 Å². The number of rotatable bonds is 9. The molecule has 1 atom stereocenters. The SMILES string of the molecule is COCCCCC(C)(C(=O)OC(C)(C)C(C)=O)C(=O)C(C)(C)C. The maximum atomic E-state index is 12.8. The van der Waals surface area contributed by atoms with E-state index in [1.54, 1.807) is 48.7 Å². The van der Waals surface area contributed by atoms with Crippen molar-refractivity contribution in [2.24, 2.45) is 10.8 Å². The lowest BCUT2D eigenvalue weighted by molar-refractivity contribution is -0.176. The van der Waals surface area contributed by atoms with Crippen molar-refractivity contribution in [2.45, 2.75) is 73.3 Å². The van der Waals surface area contributed by atoms with Gasteiger partial charge in [0.15, 0.2) is 17.2 Å². The first-order chi connectivity index (χ1) is 10.3. The molecule has 5 nitrogen and oxygen atoms in total. The van der Waals surface area contributed by atoms with Gasteiger partial charge in [-0.2, -0.15) is 0 Å². The predicted octanol–water partition coefficient (Wildman–Crippen LogP) is 3.34. The zero-order valence-electron chi connectivity index (χ0n) is 15.9. The van der Waals surface area contributed by atoms with Crippen LogP contribution in [0.5, 0.6) is 0 Å². The molecule has 0 radical (unpaired) electrons. The second-order valence-corrected chi connectivity index (χ2v) is 7.82. The van der Waals surface area contributed by atoms with E-state index >= 15 is 0 Å². The van der Waals surface area contributed by atoms with E-state index in [0.29, 0.717) is 19.4 Å². The molecule has 0 amide bonds. The maximum absolute atomic E-state index is 12.8. The zero-order chi connectivity index (χ0) is 18.5. The molecule has 0 aliphatic heterocycles. The number of esters is 1. The highest BCUT2D eigenvalue weighted by Crippen LogP contribution is 2.36. The molecule has 134 valence electrons. The van der Waals surface area contributed by atoms with E-state index in [9.17, 15) is 14.4 Å². The largest absolute Gasteiger partial charge is 0.451 e. The fourth-order valence-electron chi connectivity index (χ4n) is 2.28. The molecule has 0 heterocycles. The molecule has 0 saturated heterocycles. The van der Waals surface area contributed by atoms with E-state index in [2.05, 4.69) is 0 Å². The van der Waals surface area contributed by atoms with Crippen molar-refractivity contribution < 1.29 is 23.9 Å². The molecule has 0 aromatic carbocycles. The van der Waals surface area contributed by atoms with Gasteiger partial charge in [0.1, 0.15) is 5.41 Å². The van der Waals surface area contributed by atoms with Crippen molar-refractivity contribution in [1.29, 1.82) is 0 Å². The average molecular weight is 328 g/mol. The van der Waals surface area contributed by atoms with Crippen molar-refractivity contribution in [1.82, 2.24) is 0 Å². The zero-order valence-corrected chi connectivity index (χ0v) is 15.9. The van der Waals surface area contributed by atoms with E-state index in [1.807, 2.05) is 0 Å². The second-order valence-electron chi connectivity index (χ2n) is 7.82. The molecule has 1 unspecified atom stereocenters. The molecule has 0 rings (SSSR count). The molecule has 0 bridgehead atoms. The Kier molecular flexibility index (Phi) is 7.61. The molecule has 0 aromatic heterocycles. The fraction of sp³-hybridized carbons (Fsp3) is 0.833. The highest BCUT2D eigenvalue weighted by Gasteiger charge is 2.48. The third kappa shape index (κ3) is 6.05. The minimum atomic E-state index is -1.27. The van der Waals surface area contributed by atoms with Gasteiger partial charge in [0, 0.05) is 19.1 Å². The first kappa shape index (κ1) is 21.8. The molecule has 0 aliphatic rings. The van der Waals surface area contributed by atoms with Gasteiger partial charge >= 0.3 is 5.97 Å². The molecule has 0 N–H and O–H groups in total. The summed E-state index contributed by atoms with van der Waals surface area (Å²) >= 11 is 0. The molecule has 23 heavy (non-hydrogen) atoms. The van der Waals surface area contributed by atoms with E-state index in [0.717, 1.165) is 6.42 Å². The summed E-state index contributed by atoms with van der Waals surface area (Å²) in [5.74, 6) is -1.06. The van der Waals surface area contributed by atoms with Gasteiger partial charge in [-0.25, -0.2) is 0 Å². The molecule has 0 fully saturated rings. The quantitative estimate of drug-likeness (QED) is 0.369. The molecule has 0 aliphatic carbocycles. The smallest absolute Gasteiger partial charge is 0.320 e. The summed E-state index contributed by atoms with van der Waals surface area (Å²) in [6.45, 7) is 12.0. The Morgan fingerprint density at radius 1 is 0.913 bits per heavy atom. The number of carbonyl (C=O) groups excluding carboxylic acids is 3. The number of hydrogen-bond donors (Lipinski definition) is 0. The monoisotopic (exact) mass is 328 g/mol. The predicted molar refractivity (Wildman–Crippen MR) is 89.1 cm³/mol. The highest BCUT2D eigenvalue weighted by atomic mass is 16.6. The van der Waals surface area contributed by atoms with E-state index in [1.165, 1.54) is 6.92 Å². The van der Waals surface area contributed by atoms with Crippen LogP contribution >= 0.6 is 0 Å². The third-order valence-electron chi connectivity index (χ3n) is 4.10. The summed E-state index contributed by atoms with van der Waals surface area (Å²) in [6, 6.07) is 0. The van der Waals surface area contributed by atoms with Gasteiger partial charge in [0.05, 0.1) is 0 Å². The Morgan fingerprint density at radius 3 is 1.83 bits per heavy atom. The van der Waals surface area contributed by atoms with Crippen LogP contribution in [0.2, 0.25) is 0 Å². The van der Waals surface area contributed by atoms with Crippen LogP contribution in [0, 0.1) is 10.8 Å². The number of hydrogen-bond acceptors (Lipinski definition) is 5. The first-order valence-electron chi connectivity index (χ1n) is 8.07. The fourth-order valence-corrected chi connectivity index (χ4v) is 2.28. The lowest BCUT2D eigenvalue weighted by Gasteiger charge is -2.35. The summed E-state index contributed by atoms with van der Waals surface area (Å²) < 4.78 is 10.4. The van der Waals surface area contributed by atoms with Crippen LogP contribution in [0.1, 0.15) is 67.7 Å². The van der Waals surface area contributed by atoms with Crippen LogP contribution in [0.3, 0.4) is 0 Å². The number of ketones is 2.